The predicted octanol–water partition coefficient (Wildman–Crippen LogP) is 2.42. The largest absolute Gasteiger partial charge is 0.459 e. The van der Waals surface area contributed by atoms with Gasteiger partial charge < -0.3 is 9.84 Å². The van der Waals surface area contributed by atoms with Gasteiger partial charge in [0.15, 0.2) is 0 Å². The molecule has 25 heavy (non-hydrogen) atoms. The first-order valence-electron chi connectivity index (χ1n) is 7.75. The number of carbonyl (C=O) groups is 1. The van der Waals surface area contributed by atoms with Crippen LogP contribution in [0.4, 0.5) is 8.78 Å². The highest BCUT2D eigenvalue weighted by atomic mass is 19.1. The van der Waals surface area contributed by atoms with Gasteiger partial charge in [0, 0.05) is 11.6 Å². The highest BCUT2D eigenvalue weighted by Crippen LogP contribution is 2.32. The number of hydrogen-bond acceptors (Lipinski definition) is 5. The van der Waals surface area contributed by atoms with Gasteiger partial charge in [-0.3, -0.25) is 4.79 Å². The van der Waals surface area contributed by atoms with Crippen LogP contribution in [0.5, 0.6) is 0 Å². The van der Waals surface area contributed by atoms with Crippen LogP contribution in [0.1, 0.15) is 33.3 Å². The molecule has 2 aromatic rings. The summed E-state index contributed by atoms with van der Waals surface area (Å²) < 4.78 is 34.2. The van der Waals surface area contributed by atoms with Crippen molar-refractivity contribution in [1.29, 1.82) is 0 Å². The summed E-state index contributed by atoms with van der Waals surface area (Å²) in [5, 5.41) is 15.1. The van der Waals surface area contributed by atoms with Gasteiger partial charge in [-0.2, -0.15) is 5.10 Å². The minimum atomic E-state index is -1.97. The summed E-state index contributed by atoms with van der Waals surface area (Å²) in [6.45, 7) is 6.21. The molecule has 1 N–H and O–H groups in total. The van der Waals surface area contributed by atoms with E-state index in [0.717, 1.165) is 12.1 Å². The van der Waals surface area contributed by atoms with E-state index in [1.54, 1.807) is 20.8 Å². The van der Waals surface area contributed by atoms with Gasteiger partial charge in [0.05, 0.1) is 12.0 Å². The number of esters is 1. The third-order valence-corrected chi connectivity index (χ3v) is 3.84. The minimum absolute atomic E-state index is 0.196. The predicted molar refractivity (Wildman–Crippen MR) is 85.3 cm³/mol. The Morgan fingerprint density at radius 3 is 2.56 bits per heavy atom. The van der Waals surface area contributed by atoms with Gasteiger partial charge in [0.1, 0.15) is 36.0 Å². The molecule has 0 saturated carbocycles. The van der Waals surface area contributed by atoms with Gasteiger partial charge in [0.2, 0.25) is 0 Å². The van der Waals surface area contributed by atoms with Crippen molar-refractivity contribution in [3.05, 3.63) is 48.1 Å². The van der Waals surface area contributed by atoms with Crippen molar-refractivity contribution in [2.45, 2.75) is 45.9 Å². The Morgan fingerprint density at radius 2 is 2.04 bits per heavy atom. The first-order chi connectivity index (χ1) is 11.5. The first kappa shape index (κ1) is 19.0. The van der Waals surface area contributed by atoms with Crippen LogP contribution >= 0.6 is 0 Å². The Kier molecular flexibility index (Phi) is 5.22. The molecule has 1 aromatic heterocycles. The maximum absolute atomic E-state index is 14.3. The molecule has 6 nitrogen and oxygen atoms in total. The zero-order chi connectivity index (χ0) is 18.8. The number of nitrogens with zero attached hydrogens (tertiary/aromatic N) is 3. The van der Waals surface area contributed by atoms with Crippen LogP contribution in [-0.4, -0.2) is 31.9 Å². The van der Waals surface area contributed by atoms with Crippen molar-refractivity contribution in [3.63, 3.8) is 0 Å². The Balaban J connectivity index is 2.43. The second-order valence-corrected chi connectivity index (χ2v) is 6.94. The van der Waals surface area contributed by atoms with E-state index < -0.39 is 34.7 Å². The molecule has 0 saturated heterocycles. The fraction of sp³-hybridized carbons (Fsp3) is 0.471. The summed E-state index contributed by atoms with van der Waals surface area (Å²) in [7, 11) is 0. The van der Waals surface area contributed by atoms with E-state index in [2.05, 4.69) is 10.1 Å². The van der Waals surface area contributed by atoms with E-state index in [-0.39, 0.29) is 12.1 Å². The monoisotopic (exact) mass is 353 g/mol. The fourth-order valence-electron chi connectivity index (χ4n) is 2.27. The Morgan fingerprint density at radius 1 is 1.36 bits per heavy atom. The van der Waals surface area contributed by atoms with E-state index in [0.29, 0.717) is 6.07 Å². The maximum Gasteiger partial charge on any atom is 0.311 e. The van der Waals surface area contributed by atoms with Crippen LogP contribution in [0.25, 0.3) is 0 Å². The lowest BCUT2D eigenvalue weighted by Crippen LogP contribution is -2.46. The van der Waals surface area contributed by atoms with E-state index >= 15 is 0 Å². The Labute approximate surface area is 144 Å². The second-order valence-electron chi connectivity index (χ2n) is 6.94. The number of rotatable bonds is 5. The normalized spacial score (nSPS) is 15.5. The van der Waals surface area contributed by atoms with Crippen LogP contribution in [0.3, 0.4) is 0 Å². The molecule has 0 unspecified atom stereocenters. The lowest BCUT2D eigenvalue weighted by atomic mass is 9.87. The first-order valence-corrected chi connectivity index (χ1v) is 7.75. The molecular weight excluding hydrogens is 332 g/mol. The minimum Gasteiger partial charge on any atom is -0.459 e. The molecule has 8 heteroatoms. The van der Waals surface area contributed by atoms with E-state index in [9.17, 15) is 18.7 Å². The van der Waals surface area contributed by atoms with Gasteiger partial charge in [-0.1, -0.05) is 6.07 Å². The van der Waals surface area contributed by atoms with Crippen molar-refractivity contribution in [1.82, 2.24) is 14.8 Å². The van der Waals surface area contributed by atoms with E-state index in [1.165, 1.54) is 24.3 Å². The van der Waals surface area contributed by atoms with Crippen molar-refractivity contribution in [3.8, 4) is 0 Å². The third kappa shape index (κ3) is 4.19. The molecule has 0 radical (unpaired) electrons. The molecule has 2 atom stereocenters. The number of ether oxygens (including phenoxy) is 1. The van der Waals surface area contributed by atoms with E-state index in [4.69, 9.17) is 4.74 Å². The lowest BCUT2D eigenvalue weighted by Gasteiger charge is -2.35. The van der Waals surface area contributed by atoms with Crippen LogP contribution in [0, 0.1) is 17.0 Å². The maximum atomic E-state index is 14.3. The summed E-state index contributed by atoms with van der Waals surface area (Å²) in [4.78, 5) is 15.9. The summed E-state index contributed by atoms with van der Waals surface area (Å²) in [6.07, 6.45) is 1.47. The Bertz CT molecular complexity index is 744. The second kappa shape index (κ2) is 6.87. The van der Waals surface area contributed by atoms with E-state index in [1.807, 2.05) is 0 Å². The third-order valence-electron chi connectivity index (χ3n) is 3.84. The average molecular weight is 353 g/mol. The van der Waals surface area contributed by atoms with Crippen LogP contribution in [-0.2, 0) is 21.7 Å². The van der Waals surface area contributed by atoms with Gasteiger partial charge in [-0.15, -0.1) is 0 Å². The zero-order valence-corrected chi connectivity index (χ0v) is 14.5. The van der Waals surface area contributed by atoms with Gasteiger partial charge in [0.25, 0.3) is 0 Å². The average Bonchev–Trinajstić information content (AvgIpc) is 2.98. The number of aromatic nitrogens is 3. The molecule has 0 aliphatic rings. The summed E-state index contributed by atoms with van der Waals surface area (Å²) >= 11 is 0. The van der Waals surface area contributed by atoms with Crippen molar-refractivity contribution >= 4 is 5.97 Å². The molecule has 0 aliphatic carbocycles. The summed E-state index contributed by atoms with van der Waals surface area (Å²) in [6, 6.07) is 2.83. The van der Waals surface area contributed by atoms with Crippen molar-refractivity contribution in [2.24, 2.45) is 5.41 Å². The molecule has 0 spiro atoms. The molecule has 136 valence electrons. The lowest BCUT2D eigenvalue weighted by molar-refractivity contribution is -0.176. The molecule has 0 bridgehead atoms. The SMILES string of the molecule is C[C@@H](OC(=O)C(C)(C)C)[C@@](O)(Cn1cncn1)c1ccc(F)cc1F. The Hall–Kier alpha value is -2.35. The molecule has 0 aliphatic heterocycles. The van der Waals surface area contributed by atoms with Gasteiger partial charge in [-0.05, 0) is 33.8 Å². The summed E-state index contributed by atoms with van der Waals surface area (Å²) in [5.41, 5.74) is -2.96. The summed E-state index contributed by atoms with van der Waals surface area (Å²) in [5.74, 6) is -2.27. The van der Waals surface area contributed by atoms with Gasteiger partial charge in [-0.25, -0.2) is 18.4 Å². The number of aliphatic hydroxyl groups is 1. The van der Waals surface area contributed by atoms with Crippen molar-refractivity contribution < 1.29 is 23.4 Å². The number of carbonyl (C=O) groups excluding carboxylic acids is 1. The van der Waals surface area contributed by atoms with Crippen LogP contribution in [0.15, 0.2) is 30.9 Å². The quantitative estimate of drug-likeness (QED) is 0.836. The molecule has 1 aromatic carbocycles. The number of hydrogen-bond donors (Lipinski definition) is 1. The van der Waals surface area contributed by atoms with Crippen molar-refractivity contribution in [2.75, 3.05) is 0 Å². The van der Waals surface area contributed by atoms with Gasteiger partial charge >= 0.3 is 5.97 Å². The molecule has 0 fully saturated rings. The fourth-order valence-corrected chi connectivity index (χ4v) is 2.27. The number of halogens is 2. The molecule has 1 heterocycles. The van der Waals surface area contributed by atoms with Crippen LogP contribution < -0.4 is 0 Å². The molecule has 2 rings (SSSR count). The highest BCUT2D eigenvalue weighted by molar-refractivity contribution is 5.75. The molecular formula is C17H21F2N3O3. The smallest absolute Gasteiger partial charge is 0.311 e. The highest BCUT2D eigenvalue weighted by Gasteiger charge is 2.42. The molecule has 0 amide bonds. The zero-order valence-electron chi connectivity index (χ0n) is 14.5. The number of benzene rings is 1. The standard InChI is InChI=1S/C17H21F2N3O3/c1-11(25-15(23)16(2,3)4)17(24,8-22-10-20-9-21-22)13-6-5-12(18)7-14(13)19/h5-7,9-11,24H,8H2,1-4H3/t11-,17+/m1/s1. The topological polar surface area (TPSA) is 77.2 Å². The van der Waals surface area contributed by atoms with Crippen LogP contribution in [0.2, 0.25) is 0 Å².